The molecule has 42 heavy (non-hydrogen) atoms. The zero-order chi connectivity index (χ0) is 30.4. The van der Waals surface area contributed by atoms with E-state index in [0.29, 0.717) is 16.8 Å². The summed E-state index contributed by atoms with van der Waals surface area (Å²) >= 11 is 0. The second-order valence-electron chi connectivity index (χ2n) is 9.10. The quantitative estimate of drug-likeness (QED) is 0.132. The molecule has 4 aromatic rings. The predicted molar refractivity (Wildman–Crippen MR) is 149 cm³/mol. The number of rotatable bonds is 12. The molecule has 0 aliphatic carbocycles. The van der Waals surface area contributed by atoms with Gasteiger partial charge in [-0.3, -0.25) is 9.59 Å². The summed E-state index contributed by atoms with van der Waals surface area (Å²) in [6.07, 6.45) is 0.877. The standard InChI is InChI=1S/C26H26N8O7S/c27-22-21-23(34-26(28)33-22)29-13-17(31-21)11-16-3-1-2-4-19(16)42(40,41)30-12-14-5-7-15(8-6-14)24(37)32-18(25(38)39)9-10-20(35)36/h1-8,13,18,30H,9-12H2,(H,32,37)(H,35,36)(H,38,39)(H4,27,28,29,33,34)/t18-/m0/s1. The fourth-order valence-corrected chi connectivity index (χ4v) is 5.23. The minimum Gasteiger partial charge on any atom is -0.481 e. The van der Waals surface area contributed by atoms with Gasteiger partial charge < -0.3 is 27.0 Å². The first kappa shape index (κ1) is 29.8. The van der Waals surface area contributed by atoms with E-state index < -0.39 is 40.3 Å². The second kappa shape index (κ2) is 12.5. The molecule has 16 heteroatoms. The monoisotopic (exact) mass is 594 g/mol. The molecular formula is C26H26N8O7S. The maximum Gasteiger partial charge on any atom is 0.326 e. The highest BCUT2D eigenvalue weighted by Gasteiger charge is 2.22. The van der Waals surface area contributed by atoms with E-state index >= 15 is 0 Å². The Morgan fingerprint density at radius 1 is 0.952 bits per heavy atom. The third kappa shape index (κ3) is 7.29. The Bertz CT molecular complexity index is 1760. The van der Waals surface area contributed by atoms with Crippen LogP contribution in [0, 0.1) is 0 Å². The van der Waals surface area contributed by atoms with Crippen molar-refractivity contribution in [1.29, 1.82) is 0 Å². The minimum atomic E-state index is -3.99. The van der Waals surface area contributed by atoms with Crippen LogP contribution in [0.2, 0.25) is 0 Å². The van der Waals surface area contributed by atoms with Crippen molar-refractivity contribution in [2.45, 2.75) is 36.7 Å². The number of nitrogen functional groups attached to an aromatic ring is 2. The number of hydrogen-bond acceptors (Lipinski definition) is 11. The number of aromatic nitrogens is 4. The van der Waals surface area contributed by atoms with E-state index in [1.165, 1.54) is 36.5 Å². The molecule has 0 bridgehead atoms. The largest absolute Gasteiger partial charge is 0.481 e. The van der Waals surface area contributed by atoms with Crippen LogP contribution in [0.5, 0.6) is 0 Å². The number of carboxylic acid groups (broad SMARTS) is 2. The third-order valence-electron chi connectivity index (χ3n) is 6.07. The van der Waals surface area contributed by atoms with Gasteiger partial charge in [-0.2, -0.15) is 9.97 Å². The van der Waals surface area contributed by atoms with Crippen molar-refractivity contribution in [3.63, 3.8) is 0 Å². The van der Waals surface area contributed by atoms with Crippen LogP contribution in [0.4, 0.5) is 11.8 Å². The third-order valence-corrected chi connectivity index (χ3v) is 7.57. The highest BCUT2D eigenvalue weighted by molar-refractivity contribution is 7.89. The number of anilines is 2. The Balaban J connectivity index is 1.44. The van der Waals surface area contributed by atoms with Crippen molar-refractivity contribution in [3.8, 4) is 0 Å². The lowest BCUT2D eigenvalue weighted by Gasteiger charge is -2.14. The van der Waals surface area contributed by atoms with E-state index in [0.717, 1.165) is 0 Å². The van der Waals surface area contributed by atoms with E-state index in [-0.39, 0.29) is 52.8 Å². The summed E-state index contributed by atoms with van der Waals surface area (Å²) in [5.41, 5.74) is 13.5. The van der Waals surface area contributed by atoms with Crippen LogP contribution >= 0.6 is 0 Å². The second-order valence-corrected chi connectivity index (χ2v) is 10.8. The Kier molecular flexibility index (Phi) is 8.87. The number of aliphatic carboxylic acids is 2. The van der Waals surface area contributed by atoms with Gasteiger partial charge in [0.1, 0.15) is 6.04 Å². The van der Waals surface area contributed by atoms with Gasteiger partial charge in [0.2, 0.25) is 16.0 Å². The molecule has 0 saturated heterocycles. The number of amides is 1. The Morgan fingerprint density at radius 2 is 1.67 bits per heavy atom. The van der Waals surface area contributed by atoms with E-state index in [1.807, 2.05) is 0 Å². The summed E-state index contributed by atoms with van der Waals surface area (Å²) < 4.78 is 29.0. The molecule has 4 rings (SSSR count). The number of hydrogen-bond donors (Lipinski definition) is 6. The highest BCUT2D eigenvalue weighted by Crippen LogP contribution is 2.21. The molecule has 2 aromatic heterocycles. The van der Waals surface area contributed by atoms with Gasteiger partial charge in [-0.15, -0.1) is 0 Å². The summed E-state index contributed by atoms with van der Waals surface area (Å²) in [6.45, 7) is -0.0972. The number of nitrogens with zero attached hydrogens (tertiary/aromatic N) is 4. The molecule has 0 spiro atoms. The molecule has 1 amide bonds. The van der Waals surface area contributed by atoms with Crippen molar-refractivity contribution < 1.29 is 33.0 Å². The number of fused-ring (bicyclic) bond motifs is 1. The molecule has 0 unspecified atom stereocenters. The normalized spacial score (nSPS) is 12.1. The van der Waals surface area contributed by atoms with Crippen LogP contribution in [-0.2, 0) is 32.6 Å². The molecule has 0 saturated carbocycles. The van der Waals surface area contributed by atoms with Gasteiger partial charge in [-0.25, -0.2) is 27.9 Å². The maximum absolute atomic E-state index is 13.2. The maximum atomic E-state index is 13.2. The number of nitrogens with two attached hydrogens (primary N) is 2. The molecule has 2 aromatic carbocycles. The molecule has 0 aliphatic rings. The van der Waals surface area contributed by atoms with Crippen LogP contribution in [0.1, 0.15) is 40.0 Å². The fourth-order valence-electron chi connectivity index (χ4n) is 3.97. The van der Waals surface area contributed by atoms with Gasteiger partial charge in [0.25, 0.3) is 5.91 Å². The first-order valence-corrected chi connectivity index (χ1v) is 13.9. The topological polar surface area (TPSA) is 253 Å². The molecule has 15 nitrogen and oxygen atoms in total. The Morgan fingerprint density at radius 3 is 2.36 bits per heavy atom. The Labute approximate surface area is 239 Å². The first-order valence-electron chi connectivity index (χ1n) is 12.4. The van der Waals surface area contributed by atoms with E-state index in [1.54, 1.807) is 18.2 Å². The lowest BCUT2D eigenvalue weighted by molar-refractivity contribution is -0.140. The SMILES string of the molecule is Nc1nc(N)c2nc(Cc3ccccc3S(=O)(=O)NCc3ccc(C(=O)N[C@@H](CCC(=O)O)C(=O)O)cc3)cnc2n1. The van der Waals surface area contributed by atoms with Gasteiger partial charge in [-0.1, -0.05) is 30.3 Å². The highest BCUT2D eigenvalue weighted by atomic mass is 32.2. The number of sulfonamides is 1. The van der Waals surface area contributed by atoms with Crippen molar-refractivity contribution in [1.82, 2.24) is 30.0 Å². The summed E-state index contributed by atoms with van der Waals surface area (Å²) in [7, 11) is -3.99. The van der Waals surface area contributed by atoms with Crippen molar-refractivity contribution in [2.24, 2.45) is 0 Å². The van der Waals surface area contributed by atoms with Gasteiger partial charge in [0.15, 0.2) is 17.0 Å². The number of carboxylic acids is 2. The van der Waals surface area contributed by atoms with Crippen molar-refractivity contribution >= 4 is 50.8 Å². The molecule has 2 heterocycles. The molecular weight excluding hydrogens is 568 g/mol. The Hall–Kier alpha value is -5.22. The average Bonchev–Trinajstić information content (AvgIpc) is 2.94. The van der Waals surface area contributed by atoms with Crippen LogP contribution in [0.3, 0.4) is 0 Å². The summed E-state index contributed by atoms with van der Waals surface area (Å²) in [6, 6.07) is 10.9. The summed E-state index contributed by atoms with van der Waals surface area (Å²) in [4.78, 5) is 51.0. The van der Waals surface area contributed by atoms with Crippen LogP contribution in [-0.4, -0.2) is 62.5 Å². The van der Waals surface area contributed by atoms with Crippen LogP contribution < -0.4 is 21.5 Å². The van der Waals surface area contributed by atoms with Crippen molar-refractivity contribution in [2.75, 3.05) is 11.5 Å². The van der Waals surface area contributed by atoms with Gasteiger partial charge >= 0.3 is 11.9 Å². The minimum absolute atomic E-state index is 0.0329. The van der Waals surface area contributed by atoms with Gasteiger partial charge in [0, 0.05) is 24.9 Å². The molecule has 0 fully saturated rings. The molecule has 1 atom stereocenters. The van der Waals surface area contributed by atoms with Crippen LogP contribution in [0.25, 0.3) is 11.2 Å². The fraction of sp³-hybridized carbons (Fsp3) is 0.192. The summed E-state index contributed by atoms with van der Waals surface area (Å²) in [5, 5.41) is 20.3. The first-order chi connectivity index (χ1) is 19.9. The van der Waals surface area contributed by atoms with Gasteiger partial charge in [0.05, 0.1) is 16.8 Å². The van der Waals surface area contributed by atoms with Crippen LogP contribution in [0.15, 0.2) is 59.6 Å². The summed E-state index contributed by atoms with van der Waals surface area (Å²) in [5.74, 6) is -3.23. The molecule has 0 radical (unpaired) electrons. The lowest BCUT2D eigenvalue weighted by atomic mass is 10.1. The van der Waals surface area contributed by atoms with Gasteiger partial charge in [-0.05, 0) is 35.7 Å². The molecule has 0 aliphatic heterocycles. The number of carbonyl (C=O) groups excluding carboxylic acids is 1. The van der Waals surface area contributed by atoms with E-state index in [4.69, 9.17) is 16.6 Å². The number of carbonyl (C=O) groups is 3. The lowest BCUT2D eigenvalue weighted by Crippen LogP contribution is -2.41. The zero-order valence-corrected chi connectivity index (χ0v) is 22.7. The average molecular weight is 595 g/mol. The number of benzene rings is 2. The smallest absolute Gasteiger partial charge is 0.326 e. The molecule has 218 valence electrons. The number of nitrogens with one attached hydrogen (secondary N) is 2. The van der Waals surface area contributed by atoms with E-state index in [2.05, 4.69) is 30.0 Å². The van der Waals surface area contributed by atoms with E-state index in [9.17, 15) is 27.9 Å². The zero-order valence-electron chi connectivity index (χ0n) is 21.9. The van der Waals surface area contributed by atoms with Crippen molar-refractivity contribution in [3.05, 3.63) is 77.1 Å². The predicted octanol–water partition coefficient (Wildman–Crippen LogP) is 0.701. The molecule has 8 N–H and O–H groups in total.